The molecule has 0 saturated carbocycles. The molecule has 0 aromatic rings. The molecule has 6 heteroatoms. The predicted molar refractivity (Wildman–Crippen MR) is 40.4 cm³/mol. The Bertz CT molecular complexity index is 121. The Kier molecular flexibility index (Phi) is 3.95. The molecule has 2 nitrogen and oxygen atoms in total. The fourth-order valence-electron chi connectivity index (χ4n) is 0.140. The van der Waals surface area contributed by atoms with Crippen LogP contribution in [0.25, 0.3) is 0 Å². The van der Waals surface area contributed by atoms with Crippen LogP contribution in [0.2, 0.25) is 3.93 Å². The van der Waals surface area contributed by atoms with Crippen LogP contribution in [-0.2, 0) is 4.79 Å². The third kappa shape index (κ3) is 3.75. The summed E-state index contributed by atoms with van der Waals surface area (Å²) in [6, 6.07) is 0. The van der Waals surface area contributed by atoms with E-state index in [1.165, 1.54) is 6.92 Å². The van der Waals surface area contributed by atoms with E-state index in [2.05, 4.69) is 0 Å². The second-order valence-corrected chi connectivity index (χ2v) is 23.1. The third-order valence-corrected chi connectivity index (χ3v) is 11.0. The van der Waals surface area contributed by atoms with E-state index in [-0.39, 0.29) is 0 Å². The summed E-state index contributed by atoms with van der Waals surface area (Å²) in [7, 11) is 16.3. The van der Waals surface area contributed by atoms with Crippen LogP contribution in [0.15, 0.2) is 0 Å². The van der Waals surface area contributed by atoms with Gasteiger partial charge in [-0.3, -0.25) is 0 Å². The van der Waals surface area contributed by atoms with Gasteiger partial charge in [-0.05, 0) is 0 Å². The van der Waals surface area contributed by atoms with Crippen molar-refractivity contribution in [1.29, 1.82) is 0 Å². The molecule has 0 aliphatic heterocycles. The summed E-state index contributed by atoms with van der Waals surface area (Å²) >= 11 is -3.67. The number of carbonyl (C=O) groups is 1. The van der Waals surface area contributed by atoms with E-state index in [1.807, 2.05) is 0 Å². The van der Waals surface area contributed by atoms with Crippen LogP contribution in [-0.4, -0.2) is 26.1 Å². The molecule has 0 aromatic carbocycles. The van der Waals surface area contributed by atoms with Crippen LogP contribution in [0.4, 0.5) is 0 Å². The first kappa shape index (κ1) is 10.1. The summed E-state index contributed by atoms with van der Waals surface area (Å²) in [5.41, 5.74) is 0. The Balaban J connectivity index is 4.04. The van der Waals surface area contributed by atoms with Gasteiger partial charge in [-0.15, -0.1) is 0 Å². The molecule has 0 aliphatic rings. The first-order chi connectivity index (χ1) is 3.85. The average Bonchev–Trinajstić information content (AvgIpc) is 1.62. The Morgan fingerprint density at radius 3 is 1.89 bits per heavy atom. The third-order valence-electron chi connectivity index (χ3n) is 0.861. The van der Waals surface area contributed by atoms with E-state index < -0.39 is 24.9 Å². The number of aliphatic carboxylic acids is 1. The average molecular weight is 298 g/mol. The van der Waals surface area contributed by atoms with Gasteiger partial charge in [-0.2, -0.15) is 0 Å². The SMILES string of the molecule is C[CH](C(=O)O)[Sn]([Cl])([Cl])[Cl]. The zero-order chi connectivity index (χ0) is 7.65. The van der Waals surface area contributed by atoms with E-state index >= 15 is 0 Å². The van der Waals surface area contributed by atoms with E-state index in [0.29, 0.717) is 0 Å². The molecular weight excluding hydrogens is 293 g/mol. The topological polar surface area (TPSA) is 37.3 Å². The van der Waals surface area contributed by atoms with Crippen LogP contribution in [0.3, 0.4) is 0 Å². The van der Waals surface area contributed by atoms with Gasteiger partial charge in [-0.25, -0.2) is 0 Å². The quantitative estimate of drug-likeness (QED) is 0.793. The Labute approximate surface area is 68.1 Å². The zero-order valence-electron chi connectivity index (χ0n) is 4.57. The summed E-state index contributed by atoms with van der Waals surface area (Å²) < 4.78 is -0.760. The van der Waals surface area contributed by atoms with Crippen molar-refractivity contribution in [2.24, 2.45) is 0 Å². The summed E-state index contributed by atoms with van der Waals surface area (Å²) in [6.07, 6.45) is 0. The molecule has 0 radical (unpaired) electrons. The van der Waals surface area contributed by atoms with E-state index in [0.717, 1.165) is 0 Å². The maximum atomic E-state index is 10.1. The van der Waals surface area contributed by atoms with Gasteiger partial charge in [0.2, 0.25) is 0 Å². The van der Waals surface area contributed by atoms with E-state index in [9.17, 15) is 4.79 Å². The van der Waals surface area contributed by atoms with E-state index in [1.54, 1.807) is 0 Å². The summed E-state index contributed by atoms with van der Waals surface area (Å²) in [4.78, 5) is 10.1. The van der Waals surface area contributed by atoms with Crippen molar-refractivity contribution in [3.8, 4) is 0 Å². The summed E-state index contributed by atoms with van der Waals surface area (Å²) in [6.45, 7) is 1.42. The normalized spacial score (nSPS) is 15.1. The standard InChI is InChI=1S/C3H5O2.3ClH.Sn/c1-2-3(4)5;;;;/h2H,1H3,(H,4,5);3*1H;/q;;;;+3/p-3. The molecule has 0 saturated heterocycles. The molecule has 0 bridgehead atoms. The van der Waals surface area contributed by atoms with Crippen LogP contribution < -0.4 is 0 Å². The Hall–Kier alpha value is 1.14. The van der Waals surface area contributed by atoms with Crippen LogP contribution in [0.1, 0.15) is 6.92 Å². The molecule has 1 atom stereocenters. The molecule has 0 amide bonds. The first-order valence-corrected chi connectivity index (χ1v) is 14.6. The summed E-state index contributed by atoms with van der Waals surface area (Å²) in [5, 5.41) is 8.32. The number of rotatable bonds is 2. The maximum absolute atomic E-state index is 10.1. The number of carboxylic acids is 1. The van der Waals surface area contributed by atoms with E-state index in [4.69, 9.17) is 31.9 Å². The van der Waals surface area contributed by atoms with Crippen molar-refractivity contribution in [3.05, 3.63) is 0 Å². The van der Waals surface area contributed by atoms with Crippen LogP contribution in [0, 0.1) is 0 Å². The molecule has 54 valence electrons. The molecule has 0 rings (SSSR count). The molecule has 1 N–H and O–H groups in total. The van der Waals surface area contributed by atoms with Gasteiger partial charge in [0, 0.05) is 0 Å². The fourth-order valence-corrected chi connectivity index (χ4v) is 2.82. The van der Waals surface area contributed by atoms with Gasteiger partial charge in [0.1, 0.15) is 0 Å². The van der Waals surface area contributed by atoms with Crippen LogP contribution in [0.5, 0.6) is 0 Å². The van der Waals surface area contributed by atoms with Gasteiger partial charge in [0.25, 0.3) is 0 Å². The van der Waals surface area contributed by atoms with Gasteiger partial charge < -0.3 is 0 Å². The molecule has 0 aliphatic carbocycles. The number of hydrogen-bond donors (Lipinski definition) is 1. The minimum absolute atomic E-state index is 0.760. The molecule has 0 heterocycles. The molecule has 0 aromatic heterocycles. The monoisotopic (exact) mass is 298 g/mol. The van der Waals surface area contributed by atoms with Crippen molar-refractivity contribution in [3.63, 3.8) is 0 Å². The Morgan fingerprint density at radius 1 is 1.56 bits per heavy atom. The molecule has 1 unspecified atom stereocenters. The predicted octanol–water partition coefficient (Wildman–Crippen LogP) is 2.12. The molecule has 0 fully saturated rings. The molecule has 0 spiro atoms. The molecular formula is C3H5Cl3O2Sn. The fraction of sp³-hybridized carbons (Fsp3) is 0.667. The van der Waals surface area contributed by atoms with Crippen molar-refractivity contribution in [1.82, 2.24) is 0 Å². The Morgan fingerprint density at radius 2 is 1.89 bits per heavy atom. The van der Waals surface area contributed by atoms with Gasteiger partial charge in [0.15, 0.2) is 0 Å². The second-order valence-electron chi connectivity index (χ2n) is 1.60. The van der Waals surface area contributed by atoms with Gasteiger partial charge in [0.05, 0.1) is 0 Å². The van der Waals surface area contributed by atoms with Crippen molar-refractivity contribution >= 4 is 47.7 Å². The second kappa shape index (κ2) is 3.51. The van der Waals surface area contributed by atoms with Crippen molar-refractivity contribution in [2.75, 3.05) is 0 Å². The molecule has 9 heavy (non-hydrogen) atoms. The number of carboxylic acid groups (broad SMARTS) is 1. The van der Waals surface area contributed by atoms with Crippen molar-refractivity contribution < 1.29 is 9.90 Å². The van der Waals surface area contributed by atoms with Crippen molar-refractivity contribution in [2.45, 2.75) is 10.9 Å². The first-order valence-electron chi connectivity index (χ1n) is 2.15. The number of halogens is 3. The van der Waals surface area contributed by atoms with Crippen LogP contribution >= 0.6 is 26.8 Å². The zero-order valence-corrected chi connectivity index (χ0v) is 9.69. The van der Waals surface area contributed by atoms with Gasteiger partial charge >= 0.3 is 68.5 Å². The minimum atomic E-state index is -3.67. The number of hydrogen-bond acceptors (Lipinski definition) is 1. The van der Waals surface area contributed by atoms with Gasteiger partial charge in [-0.1, -0.05) is 0 Å². The summed E-state index contributed by atoms with van der Waals surface area (Å²) in [5.74, 6) is -1.02.